The maximum Gasteiger partial charge on any atom is 0.0862 e. The highest BCUT2D eigenvalue weighted by atomic mass is 14.7. The van der Waals surface area contributed by atoms with Gasteiger partial charge in [0.25, 0.3) is 0 Å². The highest BCUT2D eigenvalue weighted by Gasteiger charge is 1.82. The summed E-state index contributed by atoms with van der Waals surface area (Å²) >= 11 is 0. The molecule has 0 unspecified atom stereocenters. The monoisotopic (exact) mass is 114 g/mol. The number of anilines is 1. The number of nitrogens with two attached hydrogens (primary N) is 1. The summed E-state index contributed by atoms with van der Waals surface area (Å²) in [6.45, 7) is -2.59. The van der Waals surface area contributed by atoms with E-state index in [0.29, 0.717) is 0 Å². The van der Waals surface area contributed by atoms with Crippen LogP contribution in [-0.4, -0.2) is 4.98 Å². The van der Waals surface area contributed by atoms with Gasteiger partial charge in [0.05, 0.1) is 9.80 Å². The lowest BCUT2D eigenvalue weighted by atomic mass is 10.3. The standard InChI is InChI=1S/C6H8N2/c1-5-2-6(7)4-8-3-5/h2-4H,7H2,1H3/i1D3,2D,3D,4D. The molecule has 0 radical (unpaired) electrons. The maximum absolute atomic E-state index is 7.37. The average molecular weight is 114 g/mol. The third-order valence-corrected chi connectivity index (χ3v) is 0.604. The van der Waals surface area contributed by atoms with Crippen LogP contribution >= 0.6 is 0 Å². The highest BCUT2D eigenvalue weighted by Crippen LogP contribution is 1.99. The van der Waals surface area contributed by atoms with E-state index in [1.54, 1.807) is 0 Å². The molecule has 0 saturated carbocycles. The quantitative estimate of drug-likeness (QED) is 0.546. The highest BCUT2D eigenvalue weighted by molar-refractivity contribution is 5.36. The van der Waals surface area contributed by atoms with Gasteiger partial charge in [-0.25, -0.2) is 0 Å². The minimum atomic E-state index is -2.59. The lowest BCUT2D eigenvalue weighted by molar-refractivity contribution is 1.27. The topological polar surface area (TPSA) is 38.9 Å². The molecule has 2 nitrogen and oxygen atoms in total. The van der Waals surface area contributed by atoms with Crippen LogP contribution < -0.4 is 5.73 Å². The first kappa shape index (κ1) is 1.47. The van der Waals surface area contributed by atoms with Crippen LogP contribution in [0, 0.1) is 6.85 Å². The molecule has 2 N–H and O–H groups in total. The van der Waals surface area contributed by atoms with Crippen molar-refractivity contribution in [3.8, 4) is 0 Å². The number of hydrogen-bond donors (Lipinski definition) is 1. The Morgan fingerprint density at radius 1 is 1.88 bits per heavy atom. The van der Waals surface area contributed by atoms with Gasteiger partial charge >= 0.3 is 0 Å². The summed E-state index contributed by atoms with van der Waals surface area (Å²) in [6.07, 6.45) is -1.03. The largest absolute Gasteiger partial charge is 0.397 e. The van der Waals surface area contributed by atoms with Crippen molar-refractivity contribution < 1.29 is 8.22 Å². The second kappa shape index (κ2) is 1.82. The molecule has 1 heterocycles. The summed E-state index contributed by atoms with van der Waals surface area (Å²) in [5, 5.41) is 0. The van der Waals surface area contributed by atoms with E-state index in [0.717, 1.165) is 0 Å². The molecule has 8 heavy (non-hydrogen) atoms. The van der Waals surface area contributed by atoms with Crippen LogP contribution in [-0.2, 0) is 0 Å². The first-order chi connectivity index (χ1) is 6.25. The Morgan fingerprint density at radius 3 is 3.50 bits per heavy atom. The van der Waals surface area contributed by atoms with Gasteiger partial charge in [-0.05, 0) is 18.5 Å². The van der Waals surface area contributed by atoms with E-state index in [1.165, 1.54) is 0 Å². The fourth-order valence-corrected chi connectivity index (χ4v) is 0.335. The smallest absolute Gasteiger partial charge is 0.0862 e. The molecule has 42 valence electrons. The zero-order valence-electron chi connectivity index (χ0n) is 10.0. The van der Waals surface area contributed by atoms with Crippen molar-refractivity contribution in [2.75, 3.05) is 5.73 Å². The Labute approximate surface area is 56.8 Å². The van der Waals surface area contributed by atoms with E-state index in [2.05, 4.69) is 4.98 Å². The van der Waals surface area contributed by atoms with Crippen molar-refractivity contribution in [1.82, 2.24) is 4.98 Å². The van der Waals surface area contributed by atoms with Crippen LogP contribution in [0.1, 0.15) is 13.8 Å². The van der Waals surface area contributed by atoms with Crippen molar-refractivity contribution in [3.63, 3.8) is 0 Å². The van der Waals surface area contributed by atoms with Crippen molar-refractivity contribution in [2.24, 2.45) is 0 Å². The van der Waals surface area contributed by atoms with Crippen LogP contribution in [0.25, 0.3) is 0 Å². The van der Waals surface area contributed by atoms with Crippen LogP contribution in [0.2, 0.25) is 0 Å². The summed E-state index contributed by atoms with van der Waals surface area (Å²) in [5.41, 5.74) is 4.46. The summed E-state index contributed by atoms with van der Waals surface area (Å²) in [6, 6.07) is -0.505. The summed E-state index contributed by atoms with van der Waals surface area (Å²) < 4.78 is 42.9. The van der Waals surface area contributed by atoms with Gasteiger partial charge in [-0.2, -0.15) is 0 Å². The third kappa shape index (κ3) is 0.964. The molecular formula is C6H8N2. The first-order valence-electron chi connectivity index (χ1n) is 4.99. The summed E-state index contributed by atoms with van der Waals surface area (Å²) in [4.78, 5) is 3.33. The van der Waals surface area contributed by atoms with Gasteiger partial charge in [-0.15, -0.1) is 0 Å². The number of pyridine rings is 1. The minimum absolute atomic E-state index is 0.313. The molecule has 0 fully saturated rings. The molecule has 0 bridgehead atoms. The van der Waals surface area contributed by atoms with Gasteiger partial charge in [0.2, 0.25) is 0 Å². The van der Waals surface area contributed by atoms with E-state index < -0.39 is 30.8 Å². The number of hydrogen-bond acceptors (Lipinski definition) is 2. The molecule has 1 aromatic heterocycles. The summed E-state index contributed by atoms with van der Waals surface area (Å²) in [5.74, 6) is 0. The zero-order chi connectivity index (χ0) is 11.1. The Hall–Kier alpha value is -1.05. The molecular weight excluding hydrogens is 100 g/mol. The Bertz CT molecular complexity index is 372. The average Bonchev–Trinajstić information content (AvgIpc) is 1.97. The van der Waals surface area contributed by atoms with E-state index in [1.807, 2.05) is 0 Å². The molecule has 2 heteroatoms. The molecule has 0 atom stereocenters. The first-order valence-corrected chi connectivity index (χ1v) is 1.99. The predicted molar refractivity (Wildman–Crippen MR) is 33.4 cm³/mol. The third-order valence-electron chi connectivity index (χ3n) is 0.604. The van der Waals surface area contributed by atoms with Gasteiger partial charge in [0.1, 0.15) is 0 Å². The van der Waals surface area contributed by atoms with Gasteiger partial charge in [-0.1, -0.05) is 0 Å². The molecule has 0 saturated heterocycles. The fraction of sp³-hybridized carbons (Fsp3) is 0.167. The summed E-state index contributed by atoms with van der Waals surface area (Å²) in [7, 11) is 0. The number of nitrogen functional groups attached to an aromatic ring is 1. The van der Waals surface area contributed by atoms with Crippen LogP contribution in [0.3, 0.4) is 0 Å². The lowest BCUT2D eigenvalue weighted by Gasteiger charge is -1.90. The molecule has 1 rings (SSSR count). The van der Waals surface area contributed by atoms with Gasteiger partial charge in [-0.3, -0.25) is 4.98 Å². The van der Waals surface area contributed by atoms with Crippen molar-refractivity contribution in [3.05, 3.63) is 24.0 Å². The molecule has 0 amide bonds. The second-order valence-corrected chi connectivity index (χ2v) is 1.25. The normalized spacial score (nSPS) is 21.5. The van der Waals surface area contributed by atoms with E-state index in [-0.39, 0.29) is 5.69 Å². The van der Waals surface area contributed by atoms with Gasteiger partial charge in [0, 0.05) is 16.5 Å². The van der Waals surface area contributed by atoms with E-state index in [9.17, 15) is 0 Å². The SMILES string of the molecule is [2H]c1nc([2H])c(C([2H])([2H])[2H])c([2H])c1N. The molecule has 0 aliphatic carbocycles. The Kier molecular flexibility index (Phi) is 0.334. The van der Waals surface area contributed by atoms with Crippen molar-refractivity contribution in [2.45, 2.75) is 6.85 Å². The minimum Gasteiger partial charge on any atom is -0.397 e. The number of nitrogens with zero attached hydrogens (tertiary/aromatic N) is 1. The second-order valence-electron chi connectivity index (χ2n) is 1.25. The molecule has 0 aromatic carbocycles. The van der Waals surface area contributed by atoms with Crippen LogP contribution in [0.15, 0.2) is 18.4 Å². The van der Waals surface area contributed by atoms with Crippen molar-refractivity contribution >= 4 is 5.69 Å². The number of aromatic nitrogens is 1. The van der Waals surface area contributed by atoms with E-state index >= 15 is 0 Å². The van der Waals surface area contributed by atoms with Gasteiger partial charge in [0.15, 0.2) is 0 Å². The van der Waals surface area contributed by atoms with Crippen LogP contribution in [0.5, 0.6) is 0 Å². The predicted octanol–water partition coefficient (Wildman–Crippen LogP) is 0.972. The maximum atomic E-state index is 7.37. The van der Waals surface area contributed by atoms with Crippen LogP contribution in [0.4, 0.5) is 5.69 Å². The lowest BCUT2D eigenvalue weighted by Crippen LogP contribution is -1.85. The molecule has 0 aliphatic rings. The zero-order valence-corrected chi connectivity index (χ0v) is 4.02. The Balaban J connectivity index is 3.53. The number of rotatable bonds is 0. The Morgan fingerprint density at radius 2 is 2.75 bits per heavy atom. The molecule has 1 aromatic rings. The van der Waals surface area contributed by atoms with Gasteiger partial charge < -0.3 is 5.73 Å². The van der Waals surface area contributed by atoms with Crippen molar-refractivity contribution in [1.29, 1.82) is 0 Å². The van der Waals surface area contributed by atoms with E-state index in [4.69, 9.17) is 14.0 Å². The molecule has 0 aliphatic heterocycles. The molecule has 0 spiro atoms. The fourth-order valence-electron chi connectivity index (χ4n) is 0.335.